The summed E-state index contributed by atoms with van der Waals surface area (Å²) in [6.45, 7) is 27.5. The standard InChI is InChI=1S/C12H29N2.C10H25N3.C8H20N.2C7H17N.CH4/c1-6-7-8-11-14(4,5)12-9-10-13(2)3;1-12(2)9-5-7-11-8-6-10-13(3)4;1-5-6-7-8-9(2,3)4;1-4-8-6-5-7(2)3;1-3-4-5-6-7(2)8;/h6-12H2,1-5H3;11H,5-10H2,1-4H3;5-8H2,1-4H3;7-8H,4-6H2,1-3H3;7H,3-6,8H2,1-2H3;1H4/q+1;;+1;;;. The van der Waals surface area contributed by atoms with Gasteiger partial charge in [-0.15, -0.1) is 0 Å². The molecular formula is C45H112N8+2. The Morgan fingerprint density at radius 3 is 1.25 bits per heavy atom. The third-order valence-corrected chi connectivity index (χ3v) is 8.50. The molecular weight excluding hydrogens is 653 g/mol. The summed E-state index contributed by atoms with van der Waals surface area (Å²) < 4.78 is 2.30. The summed E-state index contributed by atoms with van der Waals surface area (Å²) in [5.74, 6) is 0.842. The normalized spacial score (nSPS) is 11.8. The Bertz CT molecular complexity index is 590. The molecule has 0 fully saturated rings. The van der Waals surface area contributed by atoms with Gasteiger partial charge in [0.2, 0.25) is 0 Å². The maximum atomic E-state index is 5.53. The highest BCUT2D eigenvalue weighted by Crippen LogP contribution is 2.05. The van der Waals surface area contributed by atoms with E-state index < -0.39 is 0 Å². The number of nitrogens with two attached hydrogens (primary N) is 1. The third kappa shape index (κ3) is 85.3. The number of nitrogens with one attached hydrogen (secondary N) is 2. The highest BCUT2D eigenvalue weighted by molar-refractivity contribution is 4.53. The van der Waals surface area contributed by atoms with Crippen molar-refractivity contribution in [2.75, 3.05) is 143 Å². The molecule has 0 amide bonds. The van der Waals surface area contributed by atoms with Gasteiger partial charge >= 0.3 is 0 Å². The van der Waals surface area contributed by atoms with Crippen molar-refractivity contribution in [3.05, 3.63) is 0 Å². The molecule has 8 nitrogen and oxygen atoms in total. The van der Waals surface area contributed by atoms with Gasteiger partial charge < -0.3 is 40.0 Å². The number of rotatable bonds is 28. The molecule has 53 heavy (non-hydrogen) atoms. The van der Waals surface area contributed by atoms with Crippen LogP contribution in [-0.4, -0.2) is 173 Å². The van der Waals surface area contributed by atoms with Crippen molar-refractivity contribution in [2.24, 2.45) is 11.7 Å². The van der Waals surface area contributed by atoms with Crippen molar-refractivity contribution >= 4 is 0 Å². The molecule has 0 rings (SSSR count). The van der Waals surface area contributed by atoms with E-state index >= 15 is 0 Å². The molecule has 0 aliphatic rings. The Kier molecular flexibility index (Phi) is 58.3. The van der Waals surface area contributed by atoms with Crippen LogP contribution in [0.4, 0.5) is 0 Å². The molecule has 0 bridgehead atoms. The van der Waals surface area contributed by atoms with Crippen molar-refractivity contribution in [2.45, 2.75) is 152 Å². The highest BCUT2D eigenvalue weighted by atomic mass is 15.3. The second kappa shape index (κ2) is 47.8. The molecule has 0 spiro atoms. The lowest BCUT2D eigenvalue weighted by Gasteiger charge is -2.30. The fraction of sp³-hybridized carbons (Fsp3) is 1.00. The maximum absolute atomic E-state index is 5.53. The minimum absolute atomic E-state index is 0. The van der Waals surface area contributed by atoms with Crippen LogP contribution >= 0.6 is 0 Å². The number of hydrogen-bond acceptors (Lipinski definition) is 6. The summed E-state index contributed by atoms with van der Waals surface area (Å²) in [6, 6.07) is 0.404. The van der Waals surface area contributed by atoms with Crippen molar-refractivity contribution < 1.29 is 8.97 Å². The molecule has 0 aliphatic heterocycles. The first-order valence-corrected chi connectivity index (χ1v) is 21.9. The topological polar surface area (TPSA) is 59.8 Å². The van der Waals surface area contributed by atoms with Gasteiger partial charge in [-0.25, -0.2) is 0 Å². The van der Waals surface area contributed by atoms with Crippen molar-refractivity contribution in [3.63, 3.8) is 0 Å². The number of nitrogens with zero attached hydrogens (tertiary/aromatic N) is 5. The molecule has 0 saturated carbocycles. The van der Waals surface area contributed by atoms with E-state index in [2.05, 4.69) is 151 Å². The first-order valence-electron chi connectivity index (χ1n) is 21.9. The number of unbranched alkanes of at least 4 members (excludes halogenated alkanes) is 6. The van der Waals surface area contributed by atoms with Gasteiger partial charge in [0.15, 0.2) is 0 Å². The lowest BCUT2D eigenvalue weighted by atomic mass is 10.1. The van der Waals surface area contributed by atoms with Crippen LogP contribution in [0.3, 0.4) is 0 Å². The summed E-state index contributed by atoms with van der Waals surface area (Å²) in [5.41, 5.74) is 5.53. The van der Waals surface area contributed by atoms with Crippen LogP contribution in [0.5, 0.6) is 0 Å². The zero-order chi connectivity index (χ0) is 41.3. The zero-order valence-electron chi connectivity index (χ0n) is 39.9. The predicted octanol–water partition coefficient (Wildman–Crippen LogP) is 8.76. The Hall–Kier alpha value is -0.320. The predicted molar refractivity (Wildman–Crippen MR) is 249 cm³/mol. The van der Waals surface area contributed by atoms with Crippen molar-refractivity contribution in [1.82, 2.24) is 25.3 Å². The molecule has 1 atom stereocenters. The zero-order valence-corrected chi connectivity index (χ0v) is 39.9. The average Bonchev–Trinajstić information content (AvgIpc) is 3.01. The van der Waals surface area contributed by atoms with Gasteiger partial charge in [-0.1, -0.05) is 81.1 Å². The van der Waals surface area contributed by atoms with Gasteiger partial charge in [0.25, 0.3) is 0 Å². The largest absolute Gasteiger partial charge is 0.331 e. The van der Waals surface area contributed by atoms with E-state index in [1.54, 1.807) is 0 Å². The molecule has 0 aliphatic carbocycles. The van der Waals surface area contributed by atoms with Crippen LogP contribution in [0.1, 0.15) is 146 Å². The van der Waals surface area contributed by atoms with Crippen LogP contribution in [0.2, 0.25) is 0 Å². The third-order valence-electron chi connectivity index (χ3n) is 8.50. The molecule has 330 valence electrons. The lowest BCUT2D eigenvalue weighted by Crippen LogP contribution is -2.42. The van der Waals surface area contributed by atoms with Gasteiger partial charge in [-0.2, -0.15) is 0 Å². The van der Waals surface area contributed by atoms with Crippen molar-refractivity contribution in [1.29, 1.82) is 0 Å². The minimum Gasteiger partial charge on any atom is -0.331 e. The fourth-order valence-electron chi connectivity index (χ4n) is 5.00. The maximum Gasteiger partial charge on any atom is 0.0794 e. The molecule has 8 heteroatoms. The number of quaternary nitrogens is 2. The second-order valence-electron chi connectivity index (χ2n) is 18.0. The summed E-state index contributed by atoms with van der Waals surface area (Å²) in [7, 11) is 24.2. The molecule has 0 radical (unpaired) electrons. The van der Waals surface area contributed by atoms with E-state index in [1.807, 2.05) is 0 Å². The SMILES string of the molecule is C.CCCCCC(C)N.CCCCC[N+](C)(C)C.CCCCC[N+](C)(C)CCCN(C)C.CCNCCC(C)C.CN(C)CCCNCCCN(C)C. The molecule has 1 unspecified atom stereocenters. The van der Waals surface area contributed by atoms with Gasteiger partial charge in [0.05, 0.1) is 54.9 Å². The molecule has 0 aromatic heterocycles. The Labute approximate surface area is 339 Å². The van der Waals surface area contributed by atoms with E-state index in [1.165, 1.54) is 140 Å². The van der Waals surface area contributed by atoms with Crippen LogP contribution in [-0.2, 0) is 0 Å². The summed E-state index contributed by atoms with van der Waals surface area (Å²) in [5, 5.41) is 6.72. The van der Waals surface area contributed by atoms with E-state index in [9.17, 15) is 0 Å². The van der Waals surface area contributed by atoms with Gasteiger partial charge in [-0.3, -0.25) is 0 Å². The van der Waals surface area contributed by atoms with E-state index in [4.69, 9.17) is 5.73 Å². The molecule has 0 heterocycles. The van der Waals surface area contributed by atoms with Crippen LogP contribution in [0.25, 0.3) is 0 Å². The minimum atomic E-state index is 0. The van der Waals surface area contributed by atoms with Crippen LogP contribution in [0.15, 0.2) is 0 Å². The lowest BCUT2D eigenvalue weighted by molar-refractivity contribution is -0.890. The fourth-order valence-corrected chi connectivity index (χ4v) is 5.00. The Balaban J connectivity index is -0.000000132. The van der Waals surface area contributed by atoms with Crippen LogP contribution in [0, 0.1) is 5.92 Å². The second-order valence-corrected chi connectivity index (χ2v) is 18.0. The van der Waals surface area contributed by atoms with Gasteiger partial charge in [0.1, 0.15) is 0 Å². The summed E-state index contributed by atoms with van der Waals surface area (Å²) >= 11 is 0. The highest BCUT2D eigenvalue weighted by Gasteiger charge is 2.13. The first-order chi connectivity index (χ1) is 24.2. The van der Waals surface area contributed by atoms with E-state index in [0.29, 0.717) is 6.04 Å². The Morgan fingerprint density at radius 2 is 0.887 bits per heavy atom. The quantitative estimate of drug-likeness (QED) is 0.0548. The number of hydrogen-bond donors (Lipinski definition) is 3. The van der Waals surface area contributed by atoms with Gasteiger partial charge in [0, 0.05) is 19.0 Å². The first kappa shape index (κ1) is 64.6. The van der Waals surface area contributed by atoms with E-state index in [-0.39, 0.29) is 7.43 Å². The summed E-state index contributed by atoms with van der Waals surface area (Å²) in [6.07, 6.45) is 18.4. The monoisotopic (exact) mass is 765 g/mol. The molecule has 4 N–H and O–H groups in total. The van der Waals surface area contributed by atoms with E-state index in [0.717, 1.165) is 30.0 Å². The van der Waals surface area contributed by atoms with Gasteiger partial charge in [-0.05, 0) is 146 Å². The molecule has 0 aromatic carbocycles. The Morgan fingerprint density at radius 1 is 0.491 bits per heavy atom. The summed E-state index contributed by atoms with van der Waals surface area (Å²) in [4.78, 5) is 6.72. The van der Waals surface area contributed by atoms with Crippen LogP contribution < -0.4 is 16.4 Å². The average molecular weight is 765 g/mol. The molecule has 0 aromatic rings. The van der Waals surface area contributed by atoms with Crippen molar-refractivity contribution in [3.8, 4) is 0 Å². The smallest absolute Gasteiger partial charge is 0.0794 e. The molecule has 0 saturated heterocycles.